The molecule has 1 aliphatic heterocycles. The molecule has 1 saturated heterocycles. The number of benzene rings is 2. The van der Waals surface area contributed by atoms with Gasteiger partial charge in [-0.15, -0.1) is 0 Å². The van der Waals surface area contributed by atoms with Crippen LogP contribution in [-0.4, -0.2) is 26.6 Å². The van der Waals surface area contributed by atoms with Crippen molar-refractivity contribution in [2.75, 3.05) is 21.9 Å². The number of rotatable bonds is 4. The standard InChI is InChI=1S/C20H22N2O3S/c1-15-12-16(2)14-18(13-15)21-20(23)9-6-17-4-7-19(8-5-17)22-10-3-11-26(22,24)25/h4-9,12-14H,3,10-11H2,1-2H3,(H,21,23)/b9-6+. The van der Waals surface area contributed by atoms with Gasteiger partial charge in [0.1, 0.15) is 0 Å². The van der Waals surface area contributed by atoms with Crippen molar-refractivity contribution in [3.8, 4) is 0 Å². The Hall–Kier alpha value is -2.60. The summed E-state index contributed by atoms with van der Waals surface area (Å²) in [5.41, 5.74) is 4.46. The molecule has 1 amide bonds. The topological polar surface area (TPSA) is 66.5 Å². The summed E-state index contributed by atoms with van der Waals surface area (Å²) in [5, 5.41) is 2.85. The Morgan fingerprint density at radius 1 is 1.08 bits per heavy atom. The molecule has 26 heavy (non-hydrogen) atoms. The van der Waals surface area contributed by atoms with Gasteiger partial charge in [-0.05, 0) is 67.3 Å². The van der Waals surface area contributed by atoms with Crippen molar-refractivity contribution in [1.29, 1.82) is 0 Å². The second kappa shape index (κ2) is 7.33. The highest BCUT2D eigenvalue weighted by Crippen LogP contribution is 2.24. The molecule has 1 heterocycles. The molecule has 0 aliphatic carbocycles. The molecule has 136 valence electrons. The highest BCUT2D eigenvalue weighted by atomic mass is 32.2. The van der Waals surface area contributed by atoms with Crippen LogP contribution in [0, 0.1) is 13.8 Å². The first-order chi connectivity index (χ1) is 12.3. The quantitative estimate of drug-likeness (QED) is 0.838. The fourth-order valence-corrected chi connectivity index (χ4v) is 4.65. The summed E-state index contributed by atoms with van der Waals surface area (Å²) in [6.45, 7) is 4.50. The number of aryl methyl sites for hydroxylation is 2. The van der Waals surface area contributed by atoms with Crippen LogP contribution in [0.1, 0.15) is 23.1 Å². The average molecular weight is 370 g/mol. The van der Waals surface area contributed by atoms with E-state index in [-0.39, 0.29) is 11.7 Å². The van der Waals surface area contributed by atoms with E-state index in [2.05, 4.69) is 5.32 Å². The van der Waals surface area contributed by atoms with E-state index in [1.807, 2.05) is 44.2 Å². The van der Waals surface area contributed by atoms with E-state index in [4.69, 9.17) is 0 Å². The lowest BCUT2D eigenvalue weighted by molar-refractivity contribution is -0.111. The molecular weight excluding hydrogens is 348 g/mol. The van der Waals surface area contributed by atoms with Crippen LogP contribution < -0.4 is 9.62 Å². The average Bonchev–Trinajstić information content (AvgIpc) is 2.92. The number of carbonyl (C=O) groups excluding carboxylic acids is 1. The van der Waals surface area contributed by atoms with Crippen LogP contribution in [0.2, 0.25) is 0 Å². The van der Waals surface area contributed by atoms with Crippen molar-refractivity contribution in [3.63, 3.8) is 0 Å². The van der Waals surface area contributed by atoms with Crippen molar-refractivity contribution in [3.05, 3.63) is 65.2 Å². The smallest absolute Gasteiger partial charge is 0.248 e. The second-order valence-electron chi connectivity index (χ2n) is 6.53. The summed E-state index contributed by atoms with van der Waals surface area (Å²) < 4.78 is 25.3. The molecule has 0 spiro atoms. The maximum absolute atomic E-state index is 12.1. The molecule has 5 nitrogen and oxygen atoms in total. The Balaban J connectivity index is 1.66. The Kier molecular flexibility index (Phi) is 5.13. The minimum absolute atomic E-state index is 0.202. The number of hydrogen-bond acceptors (Lipinski definition) is 3. The van der Waals surface area contributed by atoms with E-state index in [1.54, 1.807) is 18.2 Å². The van der Waals surface area contributed by atoms with Crippen molar-refractivity contribution in [2.45, 2.75) is 20.3 Å². The molecule has 1 fully saturated rings. The third kappa shape index (κ3) is 4.32. The minimum Gasteiger partial charge on any atom is -0.322 e. The largest absolute Gasteiger partial charge is 0.322 e. The van der Waals surface area contributed by atoms with Crippen LogP contribution in [0.25, 0.3) is 6.08 Å². The van der Waals surface area contributed by atoms with Gasteiger partial charge in [0.15, 0.2) is 0 Å². The van der Waals surface area contributed by atoms with E-state index >= 15 is 0 Å². The molecule has 3 rings (SSSR count). The normalized spacial score (nSPS) is 16.2. The maximum atomic E-state index is 12.1. The van der Waals surface area contributed by atoms with Crippen LogP contribution in [-0.2, 0) is 14.8 Å². The summed E-state index contributed by atoms with van der Waals surface area (Å²) >= 11 is 0. The molecule has 2 aromatic carbocycles. The van der Waals surface area contributed by atoms with Gasteiger partial charge in [0.05, 0.1) is 11.4 Å². The summed E-state index contributed by atoms with van der Waals surface area (Å²) in [6.07, 6.45) is 3.84. The summed E-state index contributed by atoms with van der Waals surface area (Å²) in [7, 11) is -3.17. The molecule has 0 unspecified atom stereocenters. The first-order valence-electron chi connectivity index (χ1n) is 8.51. The Morgan fingerprint density at radius 3 is 2.31 bits per heavy atom. The molecule has 0 radical (unpaired) electrons. The van der Waals surface area contributed by atoms with E-state index in [0.29, 0.717) is 18.7 Å². The predicted molar refractivity (Wildman–Crippen MR) is 106 cm³/mol. The van der Waals surface area contributed by atoms with Gasteiger partial charge in [-0.3, -0.25) is 9.10 Å². The number of carbonyl (C=O) groups is 1. The number of anilines is 2. The van der Waals surface area contributed by atoms with Gasteiger partial charge in [0.25, 0.3) is 0 Å². The zero-order chi connectivity index (χ0) is 18.7. The highest BCUT2D eigenvalue weighted by molar-refractivity contribution is 7.93. The summed E-state index contributed by atoms with van der Waals surface area (Å²) in [6, 6.07) is 13.0. The van der Waals surface area contributed by atoms with Gasteiger partial charge in [-0.1, -0.05) is 18.2 Å². The third-order valence-corrected chi connectivity index (χ3v) is 6.07. The molecule has 0 atom stereocenters. The second-order valence-corrected chi connectivity index (χ2v) is 8.55. The first kappa shape index (κ1) is 18.2. The van der Waals surface area contributed by atoms with Crippen molar-refractivity contribution < 1.29 is 13.2 Å². The van der Waals surface area contributed by atoms with E-state index < -0.39 is 10.0 Å². The minimum atomic E-state index is -3.17. The predicted octanol–water partition coefficient (Wildman–Crippen LogP) is 3.50. The number of hydrogen-bond donors (Lipinski definition) is 1. The Morgan fingerprint density at radius 2 is 1.73 bits per heavy atom. The van der Waals surface area contributed by atoms with Gasteiger partial charge in [0.2, 0.25) is 15.9 Å². The van der Waals surface area contributed by atoms with Gasteiger partial charge < -0.3 is 5.32 Å². The lowest BCUT2D eigenvalue weighted by Crippen LogP contribution is -2.24. The molecule has 6 heteroatoms. The van der Waals surface area contributed by atoms with Crippen molar-refractivity contribution >= 4 is 33.4 Å². The van der Waals surface area contributed by atoms with E-state index in [9.17, 15) is 13.2 Å². The molecule has 0 bridgehead atoms. The van der Waals surface area contributed by atoms with Crippen LogP contribution in [0.3, 0.4) is 0 Å². The van der Waals surface area contributed by atoms with E-state index in [0.717, 1.165) is 22.4 Å². The maximum Gasteiger partial charge on any atom is 0.248 e. The monoisotopic (exact) mass is 370 g/mol. The van der Waals surface area contributed by atoms with Crippen molar-refractivity contribution in [1.82, 2.24) is 0 Å². The number of amides is 1. The lowest BCUT2D eigenvalue weighted by Gasteiger charge is -2.16. The highest BCUT2D eigenvalue weighted by Gasteiger charge is 2.28. The number of nitrogens with one attached hydrogen (secondary N) is 1. The summed E-state index contributed by atoms with van der Waals surface area (Å²) in [4.78, 5) is 12.1. The molecule has 1 aliphatic rings. The lowest BCUT2D eigenvalue weighted by atomic mass is 10.1. The SMILES string of the molecule is Cc1cc(C)cc(NC(=O)/C=C/c2ccc(N3CCCS3(=O)=O)cc2)c1. The fourth-order valence-electron chi connectivity index (χ4n) is 3.08. The first-order valence-corrected chi connectivity index (χ1v) is 10.1. The molecular formula is C20H22N2O3S. The summed E-state index contributed by atoms with van der Waals surface area (Å²) in [5.74, 6) is -0.00558. The van der Waals surface area contributed by atoms with Gasteiger partial charge in [-0.25, -0.2) is 8.42 Å². The van der Waals surface area contributed by atoms with Crippen LogP contribution >= 0.6 is 0 Å². The van der Waals surface area contributed by atoms with Crippen LogP contribution in [0.4, 0.5) is 11.4 Å². The van der Waals surface area contributed by atoms with Gasteiger partial charge in [0, 0.05) is 18.3 Å². The Bertz CT molecular complexity index is 927. The van der Waals surface area contributed by atoms with Gasteiger partial charge >= 0.3 is 0 Å². The Labute approximate surface area is 154 Å². The van der Waals surface area contributed by atoms with Crippen molar-refractivity contribution in [2.24, 2.45) is 0 Å². The van der Waals surface area contributed by atoms with E-state index in [1.165, 1.54) is 10.4 Å². The zero-order valence-corrected chi connectivity index (χ0v) is 15.7. The van der Waals surface area contributed by atoms with Crippen LogP contribution in [0.5, 0.6) is 0 Å². The van der Waals surface area contributed by atoms with Crippen LogP contribution in [0.15, 0.2) is 48.5 Å². The fraction of sp³-hybridized carbons (Fsp3) is 0.250. The molecule has 2 aromatic rings. The zero-order valence-electron chi connectivity index (χ0n) is 14.9. The third-order valence-electron chi connectivity index (χ3n) is 4.20. The molecule has 1 N–H and O–H groups in total. The molecule has 0 saturated carbocycles. The number of sulfonamides is 1. The molecule has 0 aromatic heterocycles. The van der Waals surface area contributed by atoms with Gasteiger partial charge in [-0.2, -0.15) is 0 Å². The number of nitrogens with zero attached hydrogens (tertiary/aromatic N) is 1.